The van der Waals surface area contributed by atoms with Gasteiger partial charge in [0.05, 0.1) is 18.6 Å². The summed E-state index contributed by atoms with van der Waals surface area (Å²) in [7, 11) is -2.46. The number of nitrogens with one attached hydrogen (secondary N) is 1. The minimum Gasteiger partial charge on any atom is -0.497 e. The van der Waals surface area contributed by atoms with Crippen molar-refractivity contribution in [3.05, 3.63) is 64.2 Å². The Bertz CT molecular complexity index is 896. The molecule has 0 fully saturated rings. The molecule has 24 heavy (non-hydrogen) atoms. The van der Waals surface area contributed by atoms with Crippen LogP contribution in [-0.4, -0.2) is 27.0 Å². The van der Waals surface area contributed by atoms with Crippen molar-refractivity contribution in [3.63, 3.8) is 0 Å². The summed E-state index contributed by atoms with van der Waals surface area (Å²) in [6.45, 7) is -0.166. The van der Waals surface area contributed by atoms with E-state index >= 15 is 0 Å². The van der Waals surface area contributed by atoms with Gasteiger partial charge in [0.1, 0.15) is 5.75 Å². The SMILES string of the molecule is COc1ccc(C#CCNS(=O)(=O)c2ccccc2[N+](=O)[O-])cc1. The van der Waals surface area contributed by atoms with E-state index in [4.69, 9.17) is 4.74 Å². The zero-order valence-corrected chi connectivity index (χ0v) is 13.5. The van der Waals surface area contributed by atoms with Gasteiger partial charge in [0, 0.05) is 11.6 Å². The van der Waals surface area contributed by atoms with Crippen molar-refractivity contribution in [1.82, 2.24) is 4.72 Å². The van der Waals surface area contributed by atoms with E-state index in [0.29, 0.717) is 11.3 Å². The molecule has 124 valence electrons. The van der Waals surface area contributed by atoms with Crippen LogP contribution in [0.15, 0.2) is 53.4 Å². The van der Waals surface area contributed by atoms with Gasteiger partial charge in [-0.05, 0) is 30.3 Å². The highest BCUT2D eigenvalue weighted by Crippen LogP contribution is 2.22. The van der Waals surface area contributed by atoms with Gasteiger partial charge in [-0.2, -0.15) is 4.72 Å². The lowest BCUT2D eigenvalue weighted by molar-refractivity contribution is -0.387. The Hall–Kier alpha value is -2.89. The van der Waals surface area contributed by atoms with Crippen molar-refractivity contribution in [2.24, 2.45) is 0 Å². The number of nitro benzene ring substituents is 1. The van der Waals surface area contributed by atoms with Crippen LogP contribution in [0.3, 0.4) is 0 Å². The van der Waals surface area contributed by atoms with Crippen molar-refractivity contribution in [3.8, 4) is 17.6 Å². The first-order valence-electron chi connectivity index (χ1n) is 6.80. The number of sulfonamides is 1. The Balaban J connectivity index is 2.09. The highest BCUT2D eigenvalue weighted by atomic mass is 32.2. The van der Waals surface area contributed by atoms with Crippen molar-refractivity contribution >= 4 is 15.7 Å². The fraction of sp³-hybridized carbons (Fsp3) is 0.125. The van der Waals surface area contributed by atoms with Gasteiger partial charge in [-0.15, -0.1) is 0 Å². The second-order valence-electron chi connectivity index (χ2n) is 4.58. The number of nitro groups is 1. The van der Waals surface area contributed by atoms with Gasteiger partial charge in [0.2, 0.25) is 10.0 Å². The van der Waals surface area contributed by atoms with Crippen LogP contribution in [-0.2, 0) is 10.0 Å². The van der Waals surface area contributed by atoms with Gasteiger partial charge in [-0.25, -0.2) is 8.42 Å². The van der Waals surface area contributed by atoms with E-state index in [1.54, 1.807) is 31.4 Å². The molecule has 0 aromatic heterocycles. The molecule has 0 bridgehead atoms. The van der Waals surface area contributed by atoms with E-state index in [-0.39, 0.29) is 11.4 Å². The standard InChI is InChI=1S/C16H14N2O5S/c1-23-14-10-8-13(9-11-14)5-4-12-17-24(21,22)16-7-3-2-6-15(16)18(19)20/h2-3,6-11,17H,12H2,1H3. The van der Waals surface area contributed by atoms with E-state index in [0.717, 1.165) is 6.07 Å². The van der Waals surface area contributed by atoms with Crippen molar-refractivity contribution in [2.75, 3.05) is 13.7 Å². The van der Waals surface area contributed by atoms with Gasteiger partial charge >= 0.3 is 0 Å². The number of nitrogens with zero attached hydrogens (tertiary/aromatic N) is 1. The summed E-state index contributed by atoms with van der Waals surface area (Å²) in [4.78, 5) is 9.78. The first-order valence-corrected chi connectivity index (χ1v) is 8.28. The summed E-state index contributed by atoms with van der Waals surface area (Å²) < 4.78 is 31.6. The quantitative estimate of drug-likeness (QED) is 0.507. The largest absolute Gasteiger partial charge is 0.497 e. The molecule has 0 radical (unpaired) electrons. The number of ether oxygens (including phenoxy) is 1. The number of hydrogen-bond acceptors (Lipinski definition) is 5. The zero-order valence-electron chi connectivity index (χ0n) is 12.7. The monoisotopic (exact) mass is 346 g/mol. The van der Waals surface area contributed by atoms with Gasteiger partial charge in [0.25, 0.3) is 5.69 Å². The predicted octanol–water partition coefficient (Wildman–Crippen LogP) is 1.93. The van der Waals surface area contributed by atoms with Crippen LogP contribution in [0.25, 0.3) is 0 Å². The first-order chi connectivity index (χ1) is 11.4. The molecule has 2 aromatic rings. The molecule has 0 aliphatic heterocycles. The molecular weight excluding hydrogens is 332 g/mol. The van der Waals surface area contributed by atoms with E-state index in [2.05, 4.69) is 16.6 Å². The molecular formula is C16H14N2O5S. The molecule has 0 heterocycles. The summed E-state index contributed by atoms with van der Waals surface area (Å²) in [5, 5.41) is 10.9. The Morgan fingerprint density at radius 3 is 2.46 bits per heavy atom. The maximum atomic E-state index is 12.2. The Labute approximate surface area is 139 Å². The molecule has 0 aliphatic rings. The molecule has 0 spiro atoms. The van der Waals surface area contributed by atoms with E-state index < -0.39 is 20.6 Å². The maximum Gasteiger partial charge on any atom is 0.289 e. The van der Waals surface area contributed by atoms with Gasteiger partial charge < -0.3 is 4.74 Å². The normalized spacial score (nSPS) is 10.5. The molecule has 0 saturated carbocycles. The van der Waals surface area contributed by atoms with Crippen molar-refractivity contribution in [1.29, 1.82) is 0 Å². The summed E-state index contributed by atoms with van der Waals surface area (Å²) in [6, 6.07) is 12.1. The molecule has 0 amide bonds. The molecule has 1 N–H and O–H groups in total. The van der Waals surface area contributed by atoms with Crippen LogP contribution in [0.4, 0.5) is 5.69 Å². The average Bonchev–Trinajstić information content (AvgIpc) is 2.59. The number of methoxy groups -OCH3 is 1. The molecule has 8 heteroatoms. The summed E-state index contributed by atoms with van der Waals surface area (Å²) in [5.41, 5.74) is 0.216. The third-order valence-corrected chi connectivity index (χ3v) is 4.47. The number of para-hydroxylation sites is 1. The van der Waals surface area contributed by atoms with Crippen molar-refractivity contribution in [2.45, 2.75) is 4.90 Å². The molecule has 2 rings (SSSR count). The van der Waals surface area contributed by atoms with Gasteiger partial charge in [0.15, 0.2) is 4.90 Å². The summed E-state index contributed by atoms with van der Waals surface area (Å²) >= 11 is 0. The summed E-state index contributed by atoms with van der Waals surface area (Å²) in [6.07, 6.45) is 0. The van der Waals surface area contributed by atoms with E-state index in [1.165, 1.54) is 18.2 Å². The molecule has 0 unspecified atom stereocenters. The van der Waals surface area contributed by atoms with Gasteiger partial charge in [-0.3, -0.25) is 10.1 Å². The van der Waals surface area contributed by atoms with Crippen LogP contribution in [0.5, 0.6) is 5.75 Å². The lowest BCUT2D eigenvalue weighted by atomic mass is 10.2. The highest BCUT2D eigenvalue weighted by Gasteiger charge is 2.24. The zero-order chi connectivity index (χ0) is 17.6. The molecule has 0 atom stereocenters. The van der Waals surface area contributed by atoms with Gasteiger partial charge in [-0.1, -0.05) is 24.0 Å². The smallest absolute Gasteiger partial charge is 0.289 e. The second kappa shape index (κ2) is 7.59. The second-order valence-corrected chi connectivity index (χ2v) is 6.32. The third-order valence-electron chi connectivity index (χ3n) is 3.02. The highest BCUT2D eigenvalue weighted by molar-refractivity contribution is 7.89. The van der Waals surface area contributed by atoms with Crippen LogP contribution in [0.1, 0.15) is 5.56 Å². The number of rotatable bonds is 5. The molecule has 2 aromatic carbocycles. The van der Waals surface area contributed by atoms with Crippen LogP contribution >= 0.6 is 0 Å². The Kier molecular flexibility index (Phi) is 5.52. The predicted molar refractivity (Wildman–Crippen MR) is 88.2 cm³/mol. The van der Waals surface area contributed by atoms with Crippen LogP contribution < -0.4 is 9.46 Å². The lowest BCUT2D eigenvalue weighted by Gasteiger charge is -2.04. The maximum absolute atomic E-state index is 12.2. The lowest BCUT2D eigenvalue weighted by Crippen LogP contribution is -2.24. The minimum atomic E-state index is -4.02. The molecule has 7 nitrogen and oxygen atoms in total. The molecule has 0 saturated heterocycles. The fourth-order valence-corrected chi connectivity index (χ4v) is 2.96. The minimum absolute atomic E-state index is 0.166. The van der Waals surface area contributed by atoms with Crippen molar-refractivity contribution < 1.29 is 18.1 Å². The first kappa shape index (κ1) is 17.5. The third kappa shape index (κ3) is 4.32. The van der Waals surface area contributed by atoms with Crippen LogP contribution in [0.2, 0.25) is 0 Å². The Morgan fingerprint density at radius 2 is 1.83 bits per heavy atom. The average molecular weight is 346 g/mol. The number of hydrogen-bond donors (Lipinski definition) is 1. The number of benzene rings is 2. The van der Waals surface area contributed by atoms with E-state index in [1.807, 2.05) is 0 Å². The van der Waals surface area contributed by atoms with Crippen LogP contribution in [0, 0.1) is 22.0 Å². The van der Waals surface area contributed by atoms with E-state index in [9.17, 15) is 18.5 Å². The molecule has 0 aliphatic carbocycles. The Morgan fingerprint density at radius 1 is 1.17 bits per heavy atom. The summed E-state index contributed by atoms with van der Waals surface area (Å²) in [5.74, 6) is 6.15. The topological polar surface area (TPSA) is 98.5 Å². The fourth-order valence-electron chi connectivity index (χ4n) is 1.86.